The van der Waals surface area contributed by atoms with Crippen molar-refractivity contribution in [1.29, 1.82) is 0 Å². The molecule has 1 aliphatic carbocycles. The quantitative estimate of drug-likeness (QED) is 0.677. The maximum Gasteiger partial charge on any atom is 0.317 e. The van der Waals surface area contributed by atoms with E-state index in [0.29, 0.717) is 19.8 Å². The topological polar surface area (TPSA) is 44.8 Å². The summed E-state index contributed by atoms with van der Waals surface area (Å²) in [6.07, 6.45) is 3.66. The van der Waals surface area contributed by atoms with Crippen LogP contribution in [-0.4, -0.2) is 31.6 Å². The van der Waals surface area contributed by atoms with E-state index < -0.39 is 11.2 Å². The van der Waals surface area contributed by atoms with Crippen LogP contribution in [0.3, 0.4) is 0 Å². The Kier molecular flexibility index (Phi) is 3.22. The molecule has 2 aliphatic rings. The first kappa shape index (κ1) is 11.9. The molecule has 1 atom stereocenters. The van der Waals surface area contributed by atoms with Gasteiger partial charge in [-0.3, -0.25) is 4.79 Å². The largest absolute Gasteiger partial charge is 0.465 e. The molecule has 0 aromatic rings. The molecule has 0 aromatic heterocycles. The van der Waals surface area contributed by atoms with Crippen LogP contribution < -0.4 is 0 Å². The van der Waals surface area contributed by atoms with Gasteiger partial charge in [-0.15, -0.1) is 0 Å². The van der Waals surface area contributed by atoms with Crippen molar-refractivity contribution in [2.45, 2.75) is 45.3 Å². The molecule has 1 aliphatic heterocycles. The molecule has 1 spiro atoms. The van der Waals surface area contributed by atoms with E-state index in [-0.39, 0.29) is 5.97 Å². The molecule has 1 saturated heterocycles. The summed E-state index contributed by atoms with van der Waals surface area (Å²) < 4.78 is 16.7. The zero-order valence-corrected chi connectivity index (χ0v) is 10.1. The third-order valence-electron chi connectivity index (χ3n) is 3.75. The van der Waals surface area contributed by atoms with E-state index >= 15 is 0 Å². The fraction of sp³-hybridized carbons (Fsp3) is 0.917. The van der Waals surface area contributed by atoms with Crippen molar-refractivity contribution in [2.75, 3.05) is 19.8 Å². The number of carbonyl (C=O) groups excluding carboxylic acids is 1. The van der Waals surface area contributed by atoms with E-state index in [0.717, 1.165) is 25.7 Å². The first-order chi connectivity index (χ1) is 7.65. The Morgan fingerprint density at radius 3 is 2.50 bits per heavy atom. The van der Waals surface area contributed by atoms with Crippen LogP contribution in [-0.2, 0) is 19.0 Å². The van der Waals surface area contributed by atoms with Gasteiger partial charge in [-0.2, -0.15) is 0 Å². The summed E-state index contributed by atoms with van der Waals surface area (Å²) in [4.78, 5) is 12.1. The average Bonchev–Trinajstić information content (AvgIpc) is 2.73. The smallest absolute Gasteiger partial charge is 0.317 e. The van der Waals surface area contributed by atoms with Crippen LogP contribution in [0, 0.1) is 5.41 Å². The minimum absolute atomic E-state index is 0.184. The Balaban J connectivity index is 2.23. The Bertz CT molecular complexity index is 270. The van der Waals surface area contributed by atoms with E-state index in [2.05, 4.69) is 0 Å². The molecular weight excluding hydrogens is 208 g/mol. The van der Waals surface area contributed by atoms with Crippen LogP contribution in [0.15, 0.2) is 0 Å². The molecule has 0 radical (unpaired) electrons. The van der Waals surface area contributed by atoms with Crippen LogP contribution in [0.2, 0.25) is 0 Å². The van der Waals surface area contributed by atoms with Gasteiger partial charge in [0.05, 0.1) is 19.8 Å². The molecule has 4 nitrogen and oxygen atoms in total. The fourth-order valence-electron chi connectivity index (χ4n) is 2.77. The zero-order chi connectivity index (χ0) is 11.6. The monoisotopic (exact) mass is 228 g/mol. The van der Waals surface area contributed by atoms with Crippen molar-refractivity contribution < 1.29 is 19.0 Å². The number of hydrogen-bond donors (Lipinski definition) is 0. The maximum absolute atomic E-state index is 12.1. The van der Waals surface area contributed by atoms with Gasteiger partial charge in [0.1, 0.15) is 5.41 Å². The molecule has 0 bridgehead atoms. The summed E-state index contributed by atoms with van der Waals surface area (Å²) in [6.45, 7) is 5.30. The van der Waals surface area contributed by atoms with Gasteiger partial charge in [-0.1, -0.05) is 6.42 Å². The Labute approximate surface area is 96.2 Å². The second kappa shape index (κ2) is 4.34. The molecule has 16 heavy (non-hydrogen) atoms. The lowest BCUT2D eigenvalue weighted by Crippen LogP contribution is -2.55. The predicted octanol–water partition coefficient (Wildman–Crippen LogP) is 1.87. The third-order valence-corrected chi connectivity index (χ3v) is 3.75. The Morgan fingerprint density at radius 1 is 1.25 bits per heavy atom. The van der Waals surface area contributed by atoms with Crippen LogP contribution in [0.25, 0.3) is 0 Å². The standard InChI is InChI=1S/C12H20O4/c1-3-14-10(13)11(2)6-4-5-7-12(11)15-8-9-16-12/h3-9H2,1-2H3. The zero-order valence-electron chi connectivity index (χ0n) is 10.1. The molecule has 0 aromatic carbocycles. The van der Waals surface area contributed by atoms with Crippen LogP contribution in [0.1, 0.15) is 39.5 Å². The van der Waals surface area contributed by atoms with Crippen molar-refractivity contribution in [3.8, 4) is 0 Å². The normalized spacial score (nSPS) is 32.9. The molecule has 1 unspecified atom stereocenters. The first-order valence-electron chi connectivity index (χ1n) is 6.10. The van der Waals surface area contributed by atoms with Crippen LogP contribution >= 0.6 is 0 Å². The summed E-state index contributed by atoms with van der Waals surface area (Å²) >= 11 is 0. The second-order valence-corrected chi connectivity index (χ2v) is 4.71. The molecule has 2 rings (SSSR count). The van der Waals surface area contributed by atoms with Crippen LogP contribution in [0.4, 0.5) is 0 Å². The summed E-state index contributed by atoms with van der Waals surface area (Å²) in [5.41, 5.74) is -0.641. The van der Waals surface area contributed by atoms with E-state index in [1.807, 2.05) is 13.8 Å². The summed E-state index contributed by atoms with van der Waals surface area (Å²) in [7, 11) is 0. The minimum Gasteiger partial charge on any atom is -0.465 e. The second-order valence-electron chi connectivity index (χ2n) is 4.71. The minimum atomic E-state index is -0.725. The van der Waals surface area contributed by atoms with Crippen molar-refractivity contribution in [3.63, 3.8) is 0 Å². The molecule has 4 heteroatoms. The van der Waals surface area contributed by atoms with Crippen molar-refractivity contribution in [1.82, 2.24) is 0 Å². The summed E-state index contributed by atoms with van der Waals surface area (Å²) in [5.74, 6) is -0.908. The van der Waals surface area contributed by atoms with Gasteiger partial charge in [0.2, 0.25) is 0 Å². The summed E-state index contributed by atoms with van der Waals surface area (Å²) in [6, 6.07) is 0. The lowest BCUT2D eigenvalue weighted by Gasteiger charge is -2.45. The maximum atomic E-state index is 12.1. The highest BCUT2D eigenvalue weighted by molar-refractivity contribution is 5.78. The highest BCUT2D eigenvalue weighted by Gasteiger charge is 2.59. The van der Waals surface area contributed by atoms with Gasteiger partial charge in [-0.25, -0.2) is 0 Å². The molecule has 1 saturated carbocycles. The average molecular weight is 228 g/mol. The molecule has 1 heterocycles. The van der Waals surface area contributed by atoms with Gasteiger partial charge in [0.25, 0.3) is 0 Å². The van der Waals surface area contributed by atoms with Crippen molar-refractivity contribution in [2.24, 2.45) is 5.41 Å². The van der Waals surface area contributed by atoms with Crippen molar-refractivity contribution in [3.05, 3.63) is 0 Å². The van der Waals surface area contributed by atoms with E-state index in [1.54, 1.807) is 0 Å². The SMILES string of the molecule is CCOC(=O)C1(C)CCCCC12OCCO2. The lowest BCUT2D eigenvalue weighted by molar-refractivity contribution is -0.254. The molecule has 0 N–H and O–H groups in total. The summed E-state index contributed by atoms with van der Waals surface area (Å²) in [5, 5.41) is 0. The number of esters is 1. The Morgan fingerprint density at radius 2 is 1.88 bits per heavy atom. The number of rotatable bonds is 2. The third kappa shape index (κ3) is 1.64. The van der Waals surface area contributed by atoms with Gasteiger partial charge in [0.15, 0.2) is 5.79 Å². The molecule has 0 amide bonds. The Hall–Kier alpha value is -0.610. The van der Waals surface area contributed by atoms with E-state index in [4.69, 9.17) is 14.2 Å². The van der Waals surface area contributed by atoms with E-state index in [1.165, 1.54) is 0 Å². The number of ether oxygens (including phenoxy) is 3. The van der Waals surface area contributed by atoms with Gasteiger partial charge in [0, 0.05) is 6.42 Å². The number of hydrogen-bond acceptors (Lipinski definition) is 4. The van der Waals surface area contributed by atoms with Gasteiger partial charge >= 0.3 is 5.97 Å². The fourth-order valence-corrected chi connectivity index (χ4v) is 2.77. The molecular formula is C12H20O4. The lowest BCUT2D eigenvalue weighted by atomic mass is 9.70. The van der Waals surface area contributed by atoms with Crippen LogP contribution in [0.5, 0.6) is 0 Å². The van der Waals surface area contributed by atoms with E-state index in [9.17, 15) is 4.79 Å². The van der Waals surface area contributed by atoms with Crippen molar-refractivity contribution >= 4 is 5.97 Å². The van der Waals surface area contributed by atoms with Gasteiger partial charge in [-0.05, 0) is 26.7 Å². The highest BCUT2D eigenvalue weighted by Crippen LogP contribution is 2.49. The predicted molar refractivity (Wildman–Crippen MR) is 57.8 cm³/mol. The highest BCUT2D eigenvalue weighted by atomic mass is 16.7. The molecule has 2 fully saturated rings. The first-order valence-corrected chi connectivity index (χ1v) is 6.10. The number of carbonyl (C=O) groups is 1. The van der Waals surface area contributed by atoms with Gasteiger partial charge < -0.3 is 14.2 Å². The molecule has 92 valence electrons.